The molecule has 0 aliphatic carbocycles. The van der Waals surface area contributed by atoms with E-state index < -0.39 is 47.9 Å². The van der Waals surface area contributed by atoms with Crippen LogP contribution in [-0.2, 0) is 25.6 Å². The van der Waals surface area contributed by atoms with Gasteiger partial charge in [0.15, 0.2) is 0 Å². The lowest BCUT2D eigenvalue weighted by Gasteiger charge is -2.25. The molecule has 0 bridgehead atoms. The van der Waals surface area contributed by atoms with Gasteiger partial charge in [0.25, 0.3) is 0 Å². The van der Waals surface area contributed by atoms with E-state index >= 15 is 0 Å². The Morgan fingerprint density at radius 3 is 2.24 bits per heavy atom. The molecule has 3 amide bonds. The maximum Gasteiger partial charge on any atom is 0.326 e. The van der Waals surface area contributed by atoms with Crippen molar-refractivity contribution < 1.29 is 24.3 Å². The quantitative estimate of drug-likeness (QED) is 0.112. The van der Waals surface area contributed by atoms with E-state index in [-0.39, 0.29) is 30.9 Å². The number of aromatic nitrogens is 1. The summed E-state index contributed by atoms with van der Waals surface area (Å²) < 4.78 is 0. The number of hydrogen-bond acceptors (Lipinski definition) is 7. The first-order valence-corrected chi connectivity index (χ1v) is 13.5. The van der Waals surface area contributed by atoms with Crippen LogP contribution in [-0.4, -0.2) is 70.2 Å². The summed E-state index contributed by atoms with van der Waals surface area (Å²) in [5.41, 5.74) is 13.4. The number of rotatable bonds is 16. The molecule has 9 N–H and O–H groups in total. The molecular formula is C26H40N6O5S. The Labute approximate surface area is 228 Å². The fourth-order valence-corrected chi connectivity index (χ4v) is 4.36. The van der Waals surface area contributed by atoms with E-state index in [0.717, 1.165) is 16.5 Å². The van der Waals surface area contributed by atoms with Crippen LogP contribution in [0.5, 0.6) is 0 Å². The zero-order valence-corrected chi connectivity index (χ0v) is 22.8. The van der Waals surface area contributed by atoms with E-state index in [9.17, 15) is 24.3 Å². The highest BCUT2D eigenvalue weighted by Crippen LogP contribution is 2.18. The number of nitrogens with two attached hydrogens (primary N) is 2. The number of nitrogens with one attached hydrogen (secondary N) is 4. The van der Waals surface area contributed by atoms with Crippen LogP contribution >= 0.6 is 12.6 Å². The summed E-state index contributed by atoms with van der Waals surface area (Å²) in [7, 11) is 0. The van der Waals surface area contributed by atoms with E-state index in [2.05, 4.69) is 33.6 Å². The van der Waals surface area contributed by atoms with Crippen LogP contribution in [0.25, 0.3) is 10.9 Å². The number of benzene rings is 1. The van der Waals surface area contributed by atoms with Crippen molar-refractivity contribution in [2.45, 2.75) is 70.1 Å². The Bertz CT molecular complexity index is 1090. The van der Waals surface area contributed by atoms with Crippen molar-refractivity contribution in [3.8, 4) is 0 Å². The first-order valence-electron chi connectivity index (χ1n) is 12.8. The molecule has 2 aromatic rings. The third-order valence-electron chi connectivity index (χ3n) is 6.17. The van der Waals surface area contributed by atoms with Gasteiger partial charge in [0.05, 0.1) is 6.04 Å². The summed E-state index contributed by atoms with van der Waals surface area (Å²) in [6.07, 6.45) is 3.75. The molecule has 1 aromatic heterocycles. The molecular weight excluding hydrogens is 508 g/mol. The molecule has 0 saturated carbocycles. The first-order chi connectivity index (χ1) is 18.1. The molecule has 0 aliphatic rings. The lowest BCUT2D eigenvalue weighted by atomic mass is 10.0. The van der Waals surface area contributed by atoms with Gasteiger partial charge in [0, 0.05) is 22.9 Å². The molecule has 1 heterocycles. The number of carbonyl (C=O) groups excluding carboxylic acids is 3. The van der Waals surface area contributed by atoms with Crippen molar-refractivity contribution in [2.75, 3.05) is 12.3 Å². The predicted molar refractivity (Wildman–Crippen MR) is 150 cm³/mol. The monoisotopic (exact) mass is 548 g/mol. The Hall–Kier alpha value is -3.09. The number of amides is 3. The van der Waals surface area contributed by atoms with Crippen LogP contribution < -0.4 is 27.4 Å². The minimum Gasteiger partial charge on any atom is -0.480 e. The van der Waals surface area contributed by atoms with Gasteiger partial charge in [-0.2, -0.15) is 12.6 Å². The molecule has 1 aromatic carbocycles. The SMILES string of the molecule is CC(C)CC(NC(=O)C(CS)NC(=O)C(N)Cc1c[nH]c2ccccc12)C(=O)NC(CCCCN)C(=O)O. The molecule has 0 saturated heterocycles. The lowest BCUT2D eigenvalue weighted by molar-refractivity contribution is -0.142. The Morgan fingerprint density at radius 1 is 0.974 bits per heavy atom. The Balaban J connectivity index is 2.02. The largest absolute Gasteiger partial charge is 0.480 e. The zero-order valence-electron chi connectivity index (χ0n) is 21.9. The predicted octanol–water partition coefficient (Wildman–Crippen LogP) is 0.682. The molecule has 210 valence electrons. The Morgan fingerprint density at radius 2 is 1.61 bits per heavy atom. The summed E-state index contributed by atoms with van der Waals surface area (Å²) in [6, 6.07) is 3.63. The molecule has 4 unspecified atom stereocenters. The number of aromatic amines is 1. The standard InChI is InChI=1S/C26H40N6O5S/c1-15(2)11-21(24(34)30-20(26(36)37)9-5-6-10-27)31-25(35)22(14-38)32-23(33)18(28)12-16-13-29-19-8-4-3-7-17(16)19/h3-4,7-8,13,15,18,20-22,29,38H,5-6,9-12,14,27-28H2,1-2H3,(H,30,34)(H,31,35)(H,32,33)(H,36,37). The van der Waals surface area contributed by atoms with Gasteiger partial charge < -0.3 is 37.5 Å². The highest BCUT2D eigenvalue weighted by Gasteiger charge is 2.30. The second kappa shape index (κ2) is 15.4. The number of carbonyl (C=O) groups is 4. The molecule has 0 radical (unpaired) electrons. The molecule has 11 nitrogen and oxygen atoms in total. The molecule has 0 fully saturated rings. The minimum atomic E-state index is -1.16. The maximum atomic E-state index is 13.0. The molecule has 2 rings (SSSR count). The molecule has 38 heavy (non-hydrogen) atoms. The van der Waals surface area contributed by atoms with Crippen LogP contribution in [0.2, 0.25) is 0 Å². The number of aliphatic carboxylic acids is 1. The third-order valence-corrected chi connectivity index (χ3v) is 6.53. The fourth-order valence-electron chi connectivity index (χ4n) is 4.10. The number of carboxylic acid groups (broad SMARTS) is 1. The van der Waals surface area contributed by atoms with Crippen molar-refractivity contribution >= 4 is 47.2 Å². The zero-order chi connectivity index (χ0) is 28.2. The van der Waals surface area contributed by atoms with Crippen LogP contribution in [0.4, 0.5) is 0 Å². The van der Waals surface area contributed by atoms with E-state index in [1.165, 1.54) is 0 Å². The van der Waals surface area contributed by atoms with Crippen LogP contribution in [0, 0.1) is 5.92 Å². The number of para-hydroxylation sites is 1. The number of unbranched alkanes of at least 4 members (excludes halogenated alkanes) is 1. The van der Waals surface area contributed by atoms with Crippen molar-refractivity contribution in [2.24, 2.45) is 17.4 Å². The van der Waals surface area contributed by atoms with Crippen molar-refractivity contribution in [1.29, 1.82) is 0 Å². The summed E-state index contributed by atoms with van der Waals surface area (Å²) >= 11 is 4.20. The van der Waals surface area contributed by atoms with E-state index in [1.54, 1.807) is 6.20 Å². The number of fused-ring (bicyclic) bond motifs is 1. The van der Waals surface area contributed by atoms with Gasteiger partial charge in [-0.1, -0.05) is 32.0 Å². The van der Waals surface area contributed by atoms with Crippen molar-refractivity contribution in [1.82, 2.24) is 20.9 Å². The number of H-pyrrole nitrogens is 1. The van der Waals surface area contributed by atoms with Gasteiger partial charge in [0.1, 0.15) is 18.1 Å². The molecule has 12 heteroatoms. The van der Waals surface area contributed by atoms with E-state index in [1.807, 2.05) is 38.1 Å². The average Bonchev–Trinajstić information content (AvgIpc) is 3.28. The van der Waals surface area contributed by atoms with Gasteiger partial charge in [0.2, 0.25) is 17.7 Å². The first kappa shape index (κ1) is 31.1. The van der Waals surface area contributed by atoms with Crippen LogP contribution in [0.1, 0.15) is 45.1 Å². The fraction of sp³-hybridized carbons (Fsp3) is 0.538. The van der Waals surface area contributed by atoms with Gasteiger partial charge in [-0.15, -0.1) is 0 Å². The lowest BCUT2D eigenvalue weighted by Crippen LogP contribution is -2.58. The van der Waals surface area contributed by atoms with Crippen LogP contribution in [0.3, 0.4) is 0 Å². The van der Waals surface area contributed by atoms with Gasteiger partial charge in [-0.3, -0.25) is 14.4 Å². The average molecular weight is 549 g/mol. The third kappa shape index (κ3) is 9.34. The number of hydrogen-bond donors (Lipinski definition) is 8. The second-order valence-corrected chi connectivity index (χ2v) is 10.2. The maximum absolute atomic E-state index is 13.0. The Kier molecular flexibility index (Phi) is 12.6. The van der Waals surface area contributed by atoms with Crippen molar-refractivity contribution in [3.05, 3.63) is 36.0 Å². The van der Waals surface area contributed by atoms with E-state index in [4.69, 9.17) is 11.5 Å². The normalized spacial score (nSPS) is 14.5. The smallest absolute Gasteiger partial charge is 0.326 e. The van der Waals surface area contributed by atoms with Crippen molar-refractivity contribution in [3.63, 3.8) is 0 Å². The summed E-state index contributed by atoms with van der Waals surface area (Å²) in [6.45, 7) is 4.18. The number of carboxylic acids is 1. The summed E-state index contributed by atoms with van der Waals surface area (Å²) in [5, 5.41) is 18.2. The highest BCUT2D eigenvalue weighted by molar-refractivity contribution is 7.80. The summed E-state index contributed by atoms with van der Waals surface area (Å²) in [4.78, 5) is 53.5. The van der Waals surface area contributed by atoms with Gasteiger partial charge in [-0.05, 0) is 56.2 Å². The van der Waals surface area contributed by atoms with Crippen LogP contribution in [0.15, 0.2) is 30.5 Å². The van der Waals surface area contributed by atoms with Gasteiger partial charge in [-0.25, -0.2) is 4.79 Å². The molecule has 0 aliphatic heterocycles. The number of thiol groups is 1. The second-order valence-electron chi connectivity index (χ2n) is 9.79. The molecule has 0 spiro atoms. The van der Waals surface area contributed by atoms with Gasteiger partial charge >= 0.3 is 5.97 Å². The topological polar surface area (TPSA) is 192 Å². The summed E-state index contributed by atoms with van der Waals surface area (Å²) in [5.74, 6) is -2.89. The highest BCUT2D eigenvalue weighted by atomic mass is 32.1. The molecule has 4 atom stereocenters. The minimum absolute atomic E-state index is 0.0236. The van der Waals surface area contributed by atoms with E-state index in [0.29, 0.717) is 19.4 Å².